The summed E-state index contributed by atoms with van der Waals surface area (Å²) in [7, 11) is 0. The van der Waals surface area contributed by atoms with Gasteiger partial charge < -0.3 is 4.74 Å². The maximum absolute atomic E-state index is 5.71. The number of hydrazine groups is 1. The number of anilines is 1. The standard InChI is InChI=1S/C6H9ClN4O/c1-2-12-5-4(7)3-9-6(10-5)11-8/h3H,2,8H2,1H3,(H,9,10,11). The Hall–Kier alpha value is -1.07. The van der Waals surface area contributed by atoms with E-state index in [2.05, 4.69) is 15.4 Å². The van der Waals surface area contributed by atoms with E-state index >= 15 is 0 Å². The molecule has 0 fully saturated rings. The minimum Gasteiger partial charge on any atom is -0.477 e. The molecule has 0 aliphatic rings. The van der Waals surface area contributed by atoms with Crippen LogP contribution in [0.25, 0.3) is 0 Å². The van der Waals surface area contributed by atoms with Gasteiger partial charge in [-0.05, 0) is 6.92 Å². The van der Waals surface area contributed by atoms with Crippen LogP contribution in [0.4, 0.5) is 5.95 Å². The van der Waals surface area contributed by atoms with Gasteiger partial charge in [0, 0.05) is 0 Å². The van der Waals surface area contributed by atoms with Gasteiger partial charge >= 0.3 is 0 Å². The highest BCUT2D eigenvalue weighted by molar-refractivity contribution is 6.31. The molecule has 1 aromatic rings. The number of rotatable bonds is 3. The van der Waals surface area contributed by atoms with Crippen LogP contribution in [0, 0.1) is 0 Å². The fraction of sp³-hybridized carbons (Fsp3) is 0.333. The lowest BCUT2D eigenvalue weighted by Gasteiger charge is -2.04. The van der Waals surface area contributed by atoms with Crippen LogP contribution in [-0.4, -0.2) is 16.6 Å². The summed E-state index contributed by atoms with van der Waals surface area (Å²) < 4.78 is 5.10. The van der Waals surface area contributed by atoms with Gasteiger partial charge in [0.15, 0.2) is 0 Å². The Kier molecular flexibility index (Phi) is 3.07. The second kappa shape index (κ2) is 4.08. The third kappa shape index (κ3) is 1.96. The van der Waals surface area contributed by atoms with Crippen molar-refractivity contribution in [3.05, 3.63) is 11.2 Å². The molecule has 0 spiro atoms. The molecule has 0 saturated carbocycles. The summed E-state index contributed by atoms with van der Waals surface area (Å²) >= 11 is 5.71. The number of ether oxygens (including phenoxy) is 1. The largest absolute Gasteiger partial charge is 0.477 e. The fourth-order valence-electron chi connectivity index (χ4n) is 0.659. The molecule has 66 valence electrons. The van der Waals surface area contributed by atoms with Gasteiger partial charge in [-0.2, -0.15) is 4.98 Å². The second-order valence-electron chi connectivity index (χ2n) is 1.92. The van der Waals surface area contributed by atoms with E-state index in [4.69, 9.17) is 22.2 Å². The molecular formula is C6H9ClN4O. The number of hydrogen-bond acceptors (Lipinski definition) is 5. The zero-order chi connectivity index (χ0) is 8.97. The molecule has 12 heavy (non-hydrogen) atoms. The SMILES string of the molecule is CCOc1nc(NN)ncc1Cl. The van der Waals surface area contributed by atoms with Gasteiger partial charge in [0.25, 0.3) is 0 Å². The lowest BCUT2D eigenvalue weighted by Crippen LogP contribution is -2.11. The van der Waals surface area contributed by atoms with Gasteiger partial charge in [-0.15, -0.1) is 0 Å². The highest BCUT2D eigenvalue weighted by atomic mass is 35.5. The summed E-state index contributed by atoms with van der Waals surface area (Å²) in [4.78, 5) is 7.66. The first kappa shape index (κ1) is 9.02. The van der Waals surface area contributed by atoms with Crippen molar-refractivity contribution in [1.82, 2.24) is 9.97 Å². The Morgan fingerprint density at radius 1 is 1.75 bits per heavy atom. The zero-order valence-corrected chi connectivity index (χ0v) is 7.30. The summed E-state index contributed by atoms with van der Waals surface area (Å²) in [6, 6.07) is 0. The highest BCUT2D eigenvalue weighted by Gasteiger charge is 2.04. The molecule has 3 N–H and O–H groups in total. The zero-order valence-electron chi connectivity index (χ0n) is 6.54. The summed E-state index contributed by atoms with van der Waals surface area (Å²) in [5, 5.41) is 0.371. The number of nitrogens with zero attached hydrogens (tertiary/aromatic N) is 2. The predicted octanol–water partition coefficient (Wildman–Crippen LogP) is 0.814. The van der Waals surface area contributed by atoms with Crippen LogP contribution in [0.3, 0.4) is 0 Å². The molecule has 1 aromatic heterocycles. The van der Waals surface area contributed by atoms with Gasteiger partial charge in [-0.3, -0.25) is 5.43 Å². The van der Waals surface area contributed by atoms with Crippen molar-refractivity contribution in [2.45, 2.75) is 6.92 Å². The molecule has 0 aliphatic carbocycles. The van der Waals surface area contributed by atoms with Crippen LogP contribution >= 0.6 is 11.6 Å². The van der Waals surface area contributed by atoms with E-state index < -0.39 is 0 Å². The lowest BCUT2D eigenvalue weighted by atomic mass is 10.6. The maximum atomic E-state index is 5.71. The number of nitrogens with two attached hydrogens (primary N) is 1. The van der Waals surface area contributed by atoms with Gasteiger partial charge in [-0.1, -0.05) is 11.6 Å². The molecule has 5 nitrogen and oxygen atoms in total. The van der Waals surface area contributed by atoms with Crippen molar-refractivity contribution in [2.24, 2.45) is 5.84 Å². The van der Waals surface area contributed by atoms with E-state index in [9.17, 15) is 0 Å². The second-order valence-corrected chi connectivity index (χ2v) is 2.33. The highest BCUT2D eigenvalue weighted by Crippen LogP contribution is 2.20. The van der Waals surface area contributed by atoms with Crippen molar-refractivity contribution in [3.8, 4) is 5.88 Å². The quantitative estimate of drug-likeness (QED) is 0.543. The predicted molar refractivity (Wildman–Crippen MR) is 46.0 cm³/mol. The first-order valence-corrected chi connectivity index (χ1v) is 3.77. The molecule has 0 saturated heterocycles. The Morgan fingerprint density at radius 2 is 2.50 bits per heavy atom. The fourth-order valence-corrected chi connectivity index (χ4v) is 0.805. The van der Waals surface area contributed by atoms with Crippen LogP contribution in [0.15, 0.2) is 6.20 Å². The van der Waals surface area contributed by atoms with Gasteiger partial charge in [0.05, 0.1) is 12.8 Å². The Balaban J connectivity index is 2.91. The molecule has 0 aliphatic heterocycles. The summed E-state index contributed by atoms with van der Waals surface area (Å²) in [6.45, 7) is 2.34. The number of halogens is 1. The summed E-state index contributed by atoms with van der Waals surface area (Å²) in [6.07, 6.45) is 1.43. The molecule has 1 heterocycles. The maximum Gasteiger partial charge on any atom is 0.240 e. The number of nitrogen functional groups attached to an aromatic ring is 1. The van der Waals surface area contributed by atoms with E-state index in [0.29, 0.717) is 17.5 Å². The Bertz CT molecular complexity index is 268. The van der Waals surface area contributed by atoms with Crippen molar-refractivity contribution in [3.63, 3.8) is 0 Å². The molecule has 0 amide bonds. The molecule has 0 radical (unpaired) electrons. The van der Waals surface area contributed by atoms with Gasteiger partial charge in [0.1, 0.15) is 5.02 Å². The molecule has 0 bridgehead atoms. The van der Waals surface area contributed by atoms with Crippen LogP contribution < -0.4 is 16.0 Å². The molecule has 0 unspecified atom stereocenters. The van der Waals surface area contributed by atoms with Crippen LogP contribution in [0.1, 0.15) is 6.92 Å². The number of nitrogens with one attached hydrogen (secondary N) is 1. The smallest absolute Gasteiger partial charge is 0.240 e. The van der Waals surface area contributed by atoms with Crippen molar-refractivity contribution in [1.29, 1.82) is 0 Å². The average Bonchev–Trinajstić information content (AvgIpc) is 2.09. The summed E-state index contributed by atoms with van der Waals surface area (Å²) in [5.74, 6) is 5.71. The molecular weight excluding hydrogens is 180 g/mol. The first-order chi connectivity index (χ1) is 5.77. The third-order valence-corrected chi connectivity index (χ3v) is 1.38. The molecule has 0 aromatic carbocycles. The van der Waals surface area contributed by atoms with Gasteiger partial charge in [-0.25, -0.2) is 10.8 Å². The first-order valence-electron chi connectivity index (χ1n) is 3.40. The van der Waals surface area contributed by atoms with Gasteiger partial charge in [0.2, 0.25) is 11.8 Å². The van der Waals surface area contributed by atoms with E-state index in [0.717, 1.165) is 0 Å². The Labute approximate surface area is 74.9 Å². The number of hydrogen-bond donors (Lipinski definition) is 2. The minimum atomic E-state index is 0.280. The van der Waals surface area contributed by atoms with Crippen molar-refractivity contribution >= 4 is 17.5 Å². The van der Waals surface area contributed by atoms with Crippen LogP contribution in [-0.2, 0) is 0 Å². The van der Waals surface area contributed by atoms with Crippen LogP contribution in [0.2, 0.25) is 5.02 Å². The van der Waals surface area contributed by atoms with Crippen molar-refractivity contribution in [2.75, 3.05) is 12.0 Å². The van der Waals surface area contributed by atoms with Crippen molar-refractivity contribution < 1.29 is 4.74 Å². The number of aromatic nitrogens is 2. The van der Waals surface area contributed by atoms with E-state index in [-0.39, 0.29) is 5.95 Å². The monoisotopic (exact) mass is 188 g/mol. The van der Waals surface area contributed by atoms with E-state index in [1.165, 1.54) is 6.20 Å². The van der Waals surface area contributed by atoms with E-state index in [1.54, 1.807) is 0 Å². The molecule has 0 atom stereocenters. The lowest BCUT2D eigenvalue weighted by molar-refractivity contribution is 0.327. The topological polar surface area (TPSA) is 73.1 Å². The van der Waals surface area contributed by atoms with Crippen LogP contribution in [0.5, 0.6) is 5.88 Å². The molecule has 6 heteroatoms. The van der Waals surface area contributed by atoms with E-state index in [1.807, 2.05) is 6.92 Å². The minimum absolute atomic E-state index is 0.280. The average molecular weight is 189 g/mol. The normalized spacial score (nSPS) is 9.58. The molecule has 1 rings (SSSR count). The Morgan fingerprint density at radius 3 is 3.08 bits per heavy atom. The summed E-state index contributed by atoms with van der Waals surface area (Å²) in [5.41, 5.74) is 2.29. The third-order valence-electron chi connectivity index (χ3n) is 1.12.